The van der Waals surface area contributed by atoms with Crippen LogP contribution in [0.4, 0.5) is 0 Å². The molecule has 0 saturated heterocycles. The molecule has 30 heavy (non-hydrogen) atoms. The van der Waals surface area contributed by atoms with Gasteiger partial charge in [0.05, 0.1) is 12.3 Å². The fraction of sp³-hybridized carbons (Fsp3) is 0.200. The van der Waals surface area contributed by atoms with E-state index < -0.39 is 0 Å². The molecule has 0 atom stereocenters. The second-order valence-electron chi connectivity index (χ2n) is 6.89. The average Bonchev–Trinajstić information content (AvgIpc) is 2.78. The Bertz CT molecular complexity index is 992. The van der Waals surface area contributed by atoms with Gasteiger partial charge in [0.1, 0.15) is 18.1 Å². The highest BCUT2D eigenvalue weighted by Gasteiger charge is 2.06. The van der Waals surface area contributed by atoms with Crippen LogP contribution in [0, 0.1) is 6.92 Å². The Morgan fingerprint density at radius 3 is 2.00 bits per heavy atom. The number of hydrogen-bond donors (Lipinski definition) is 1. The van der Waals surface area contributed by atoms with Crippen LogP contribution in [0.1, 0.15) is 40.9 Å². The van der Waals surface area contributed by atoms with Crippen molar-refractivity contribution in [1.29, 1.82) is 0 Å². The fourth-order valence-corrected chi connectivity index (χ4v) is 2.78. The number of nitrogens with one attached hydrogen (secondary N) is 1. The normalized spacial score (nSPS) is 11.1. The number of aryl methyl sites for hydroxylation is 1. The molecule has 3 rings (SSSR count). The number of hydrazone groups is 1. The highest BCUT2D eigenvalue weighted by molar-refractivity contribution is 6.00. The van der Waals surface area contributed by atoms with E-state index in [9.17, 15) is 4.79 Å². The van der Waals surface area contributed by atoms with Crippen LogP contribution in [0.3, 0.4) is 0 Å². The van der Waals surface area contributed by atoms with Gasteiger partial charge >= 0.3 is 0 Å². The molecule has 0 unspecified atom stereocenters. The molecular weight excluding hydrogens is 376 g/mol. The summed E-state index contributed by atoms with van der Waals surface area (Å²) >= 11 is 0. The smallest absolute Gasteiger partial charge is 0.271 e. The summed E-state index contributed by atoms with van der Waals surface area (Å²) < 4.78 is 11.2. The number of hydrogen-bond acceptors (Lipinski definition) is 4. The Kier molecular flexibility index (Phi) is 7.22. The lowest BCUT2D eigenvalue weighted by Gasteiger charge is -2.08. The molecule has 0 radical (unpaired) electrons. The van der Waals surface area contributed by atoms with E-state index in [1.807, 2.05) is 50.2 Å². The zero-order valence-corrected chi connectivity index (χ0v) is 17.5. The first kappa shape index (κ1) is 21.1. The van der Waals surface area contributed by atoms with Crippen LogP contribution in [0.5, 0.6) is 11.5 Å². The Morgan fingerprint density at radius 2 is 1.40 bits per heavy atom. The molecule has 0 heterocycles. The lowest BCUT2D eigenvalue weighted by Crippen LogP contribution is -2.19. The van der Waals surface area contributed by atoms with Crippen molar-refractivity contribution in [3.8, 4) is 11.5 Å². The maximum atomic E-state index is 12.4. The second kappa shape index (κ2) is 10.3. The van der Waals surface area contributed by atoms with Gasteiger partial charge < -0.3 is 9.47 Å². The third-order valence-electron chi connectivity index (χ3n) is 4.55. The van der Waals surface area contributed by atoms with Gasteiger partial charge in [0.15, 0.2) is 0 Å². The van der Waals surface area contributed by atoms with Crippen LogP contribution in [0.2, 0.25) is 0 Å². The van der Waals surface area contributed by atoms with Gasteiger partial charge in [-0.2, -0.15) is 5.10 Å². The number of nitrogens with zero attached hydrogens (tertiary/aromatic N) is 1. The van der Waals surface area contributed by atoms with Crippen molar-refractivity contribution in [3.63, 3.8) is 0 Å². The summed E-state index contributed by atoms with van der Waals surface area (Å²) in [6, 6.07) is 22.8. The van der Waals surface area contributed by atoms with Crippen LogP contribution in [-0.4, -0.2) is 18.2 Å². The second-order valence-corrected chi connectivity index (χ2v) is 6.89. The molecule has 0 fully saturated rings. The highest BCUT2D eigenvalue weighted by atomic mass is 16.5. The Labute approximate surface area is 177 Å². The molecule has 5 heteroatoms. The molecule has 0 aliphatic heterocycles. The topological polar surface area (TPSA) is 59.9 Å². The quantitative estimate of drug-likeness (QED) is 0.420. The van der Waals surface area contributed by atoms with Gasteiger partial charge in [-0.1, -0.05) is 29.8 Å². The summed E-state index contributed by atoms with van der Waals surface area (Å²) in [5, 5.41) is 4.20. The SMILES string of the molecule is CCOc1ccc(C(C)=NNC(=O)c2ccc(OCc3ccc(C)cc3)cc2)cc1. The van der Waals surface area contributed by atoms with Gasteiger partial charge in [0.25, 0.3) is 5.91 Å². The van der Waals surface area contributed by atoms with E-state index in [1.54, 1.807) is 24.3 Å². The third-order valence-corrected chi connectivity index (χ3v) is 4.55. The number of rotatable bonds is 8. The van der Waals surface area contributed by atoms with Gasteiger partial charge in [0.2, 0.25) is 0 Å². The first-order valence-electron chi connectivity index (χ1n) is 9.91. The van der Waals surface area contributed by atoms with Crippen molar-refractivity contribution in [2.75, 3.05) is 6.61 Å². The summed E-state index contributed by atoms with van der Waals surface area (Å²) in [6.07, 6.45) is 0. The van der Waals surface area contributed by atoms with Gasteiger partial charge in [-0.15, -0.1) is 0 Å². The Balaban J connectivity index is 1.54. The van der Waals surface area contributed by atoms with E-state index in [0.717, 1.165) is 16.9 Å². The van der Waals surface area contributed by atoms with Crippen molar-refractivity contribution in [1.82, 2.24) is 5.43 Å². The number of benzene rings is 3. The monoisotopic (exact) mass is 402 g/mol. The number of ether oxygens (including phenoxy) is 2. The van der Waals surface area contributed by atoms with Crippen molar-refractivity contribution < 1.29 is 14.3 Å². The highest BCUT2D eigenvalue weighted by Crippen LogP contribution is 2.15. The van der Waals surface area contributed by atoms with Crippen LogP contribution in [0.25, 0.3) is 0 Å². The molecule has 3 aromatic rings. The maximum Gasteiger partial charge on any atom is 0.271 e. The molecule has 1 amide bonds. The number of carbonyl (C=O) groups excluding carboxylic acids is 1. The van der Waals surface area contributed by atoms with E-state index in [-0.39, 0.29) is 5.91 Å². The van der Waals surface area contributed by atoms with E-state index in [1.165, 1.54) is 5.56 Å². The van der Waals surface area contributed by atoms with Crippen molar-refractivity contribution in [3.05, 3.63) is 95.1 Å². The van der Waals surface area contributed by atoms with E-state index in [4.69, 9.17) is 9.47 Å². The minimum atomic E-state index is -0.273. The summed E-state index contributed by atoms with van der Waals surface area (Å²) in [7, 11) is 0. The van der Waals surface area contributed by atoms with Crippen LogP contribution < -0.4 is 14.9 Å². The fourth-order valence-electron chi connectivity index (χ4n) is 2.78. The zero-order chi connectivity index (χ0) is 21.3. The Hall–Kier alpha value is -3.60. The molecule has 0 aromatic heterocycles. The molecule has 0 aliphatic carbocycles. The van der Waals surface area contributed by atoms with Crippen LogP contribution in [-0.2, 0) is 6.61 Å². The molecule has 0 aliphatic rings. The largest absolute Gasteiger partial charge is 0.494 e. The maximum absolute atomic E-state index is 12.4. The van der Waals surface area contributed by atoms with Gasteiger partial charge in [-0.3, -0.25) is 4.79 Å². The molecule has 0 bridgehead atoms. The van der Waals surface area contributed by atoms with Gasteiger partial charge in [0, 0.05) is 5.56 Å². The average molecular weight is 402 g/mol. The Morgan fingerprint density at radius 1 is 0.833 bits per heavy atom. The van der Waals surface area contributed by atoms with E-state index in [0.29, 0.717) is 30.2 Å². The molecule has 3 aromatic carbocycles. The lowest BCUT2D eigenvalue weighted by atomic mass is 10.1. The molecule has 5 nitrogen and oxygen atoms in total. The van der Waals surface area contributed by atoms with Crippen molar-refractivity contribution >= 4 is 11.6 Å². The third kappa shape index (κ3) is 5.95. The minimum absolute atomic E-state index is 0.273. The van der Waals surface area contributed by atoms with Crippen LogP contribution in [0.15, 0.2) is 77.9 Å². The lowest BCUT2D eigenvalue weighted by molar-refractivity contribution is 0.0955. The first-order valence-corrected chi connectivity index (χ1v) is 9.91. The number of carbonyl (C=O) groups is 1. The minimum Gasteiger partial charge on any atom is -0.494 e. The summed E-state index contributed by atoms with van der Waals surface area (Å²) in [4.78, 5) is 12.4. The molecule has 0 saturated carbocycles. The van der Waals surface area contributed by atoms with E-state index in [2.05, 4.69) is 29.6 Å². The van der Waals surface area contributed by atoms with Crippen molar-refractivity contribution in [2.24, 2.45) is 5.10 Å². The zero-order valence-electron chi connectivity index (χ0n) is 17.5. The van der Waals surface area contributed by atoms with Gasteiger partial charge in [-0.25, -0.2) is 5.43 Å². The van der Waals surface area contributed by atoms with Crippen molar-refractivity contribution in [2.45, 2.75) is 27.4 Å². The predicted octanol–water partition coefficient (Wildman–Crippen LogP) is 5.13. The predicted molar refractivity (Wildman–Crippen MR) is 119 cm³/mol. The summed E-state index contributed by atoms with van der Waals surface area (Å²) in [5.41, 5.74) is 7.05. The molecule has 1 N–H and O–H groups in total. The summed E-state index contributed by atoms with van der Waals surface area (Å²) in [5.74, 6) is 1.24. The summed E-state index contributed by atoms with van der Waals surface area (Å²) in [6.45, 7) is 6.95. The molecular formula is C25H26N2O3. The first-order chi connectivity index (χ1) is 14.5. The molecule has 154 valence electrons. The molecule has 0 spiro atoms. The van der Waals surface area contributed by atoms with Gasteiger partial charge in [-0.05, 0) is 80.4 Å². The number of amides is 1. The standard InChI is InChI=1S/C25H26N2O3/c1-4-29-23-13-9-21(10-14-23)19(3)26-27-25(28)22-11-15-24(16-12-22)30-17-20-7-5-18(2)6-8-20/h5-16H,4,17H2,1-3H3,(H,27,28). The van der Waals surface area contributed by atoms with E-state index >= 15 is 0 Å². The van der Waals surface area contributed by atoms with Crippen LogP contribution >= 0.6 is 0 Å².